The molecular weight excluding hydrogens is 142 g/mol. The molecule has 0 saturated heterocycles. The van der Waals surface area contributed by atoms with E-state index in [0.29, 0.717) is 5.82 Å². The van der Waals surface area contributed by atoms with Gasteiger partial charge in [-0.15, -0.1) is 0 Å². The molecule has 2 rings (SSSR count). The second kappa shape index (κ2) is 1.91. The number of fused-ring (bicyclic) bond motifs is 1. The molecule has 0 aromatic carbocycles. The fourth-order valence-electron chi connectivity index (χ4n) is 1.10. The van der Waals surface area contributed by atoms with E-state index >= 15 is 0 Å². The van der Waals surface area contributed by atoms with Crippen molar-refractivity contribution in [3.8, 4) is 0 Å². The zero-order valence-electron chi connectivity index (χ0n) is 6.15. The van der Waals surface area contributed by atoms with Crippen LogP contribution in [0.3, 0.4) is 0 Å². The first kappa shape index (κ1) is 6.09. The lowest BCUT2D eigenvalue weighted by Crippen LogP contribution is -2.14. The largest absolute Gasteiger partial charge is 0.382 e. The van der Waals surface area contributed by atoms with Gasteiger partial charge in [-0.3, -0.25) is 0 Å². The number of hydrogen-bond acceptors (Lipinski definition) is 3. The van der Waals surface area contributed by atoms with Gasteiger partial charge in [-0.2, -0.15) is 4.79 Å². The summed E-state index contributed by atoms with van der Waals surface area (Å²) >= 11 is 0. The maximum Gasteiger partial charge on any atom is 0.157 e. The smallest absolute Gasteiger partial charge is 0.157 e. The molecule has 58 valence electrons. The van der Waals surface area contributed by atoms with E-state index in [1.165, 1.54) is 0 Å². The lowest BCUT2D eigenvalue weighted by molar-refractivity contribution is 0.730. The van der Waals surface area contributed by atoms with E-state index in [2.05, 4.69) is 10.4 Å². The molecule has 0 unspecified atom stereocenters. The van der Waals surface area contributed by atoms with Crippen molar-refractivity contribution in [2.45, 2.75) is 0 Å². The van der Waals surface area contributed by atoms with Gasteiger partial charge in [0, 0.05) is 19.3 Å². The minimum Gasteiger partial charge on any atom is -0.382 e. The molecule has 5 nitrogen and oxygen atoms in total. The normalized spacial score (nSPS) is 10.6. The molecule has 2 aromatic rings. The Labute approximate surface area is 63.4 Å². The van der Waals surface area contributed by atoms with Crippen LogP contribution in [0.2, 0.25) is 0 Å². The average Bonchev–Trinajstić information content (AvgIpc) is 2.54. The zero-order chi connectivity index (χ0) is 7.84. The SMILES string of the molecule is CNn1ccc2ncc(N)n21. The molecule has 2 heterocycles. The van der Waals surface area contributed by atoms with Crippen molar-refractivity contribution in [3.63, 3.8) is 0 Å². The predicted molar refractivity (Wildman–Crippen MR) is 42.9 cm³/mol. The molecule has 5 heteroatoms. The van der Waals surface area contributed by atoms with Crippen LogP contribution in [0.15, 0.2) is 18.5 Å². The van der Waals surface area contributed by atoms with Crippen molar-refractivity contribution in [1.29, 1.82) is 0 Å². The number of hydrogen-bond donors (Lipinski definition) is 2. The molecule has 0 aliphatic heterocycles. The van der Waals surface area contributed by atoms with Crippen LogP contribution < -0.4 is 11.2 Å². The van der Waals surface area contributed by atoms with Gasteiger partial charge in [-0.05, 0) is 0 Å². The van der Waals surface area contributed by atoms with E-state index in [1.807, 2.05) is 19.3 Å². The van der Waals surface area contributed by atoms with Crippen molar-refractivity contribution >= 4 is 11.5 Å². The van der Waals surface area contributed by atoms with E-state index in [0.717, 1.165) is 5.65 Å². The molecule has 0 radical (unpaired) electrons. The Kier molecular flexibility index (Phi) is 1.06. The van der Waals surface area contributed by atoms with Gasteiger partial charge in [0.2, 0.25) is 0 Å². The van der Waals surface area contributed by atoms with Crippen LogP contribution in [0.1, 0.15) is 0 Å². The number of imidazole rings is 1. The first-order valence-electron chi connectivity index (χ1n) is 3.31. The van der Waals surface area contributed by atoms with Gasteiger partial charge in [-0.25, -0.2) is 9.50 Å². The lowest BCUT2D eigenvalue weighted by atomic mass is 10.7. The summed E-state index contributed by atoms with van der Waals surface area (Å²) in [5.74, 6) is 0.624. The van der Waals surface area contributed by atoms with Gasteiger partial charge < -0.3 is 11.2 Å². The maximum atomic E-state index is 5.64. The quantitative estimate of drug-likeness (QED) is 0.598. The minimum atomic E-state index is 0.624. The number of anilines is 1. The Morgan fingerprint density at radius 2 is 2.45 bits per heavy atom. The van der Waals surface area contributed by atoms with E-state index < -0.39 is 0 Å². The molecule has 0 fully saturated rings. The highest BCUT2D eigenvalue weighted by Crippen LogP contribution is 2.06. The highest BCUT2D eigenvalue weighted by molar-refractivity contribution is 5.46. The van der Waals surface area contributed by atoms with Gasteiger partial charge in [0.1, 0.15) is 5.82 Å². The summed E-state index contributed by atoms with van der Waals surface area (Å²) in [6.07, 6.45) is 3.49. The molecule has 0 bridgehead atoms. The predicted octanol–water partition coefficient (Wildman–Crippen LogP) is -0.109. The standard InChI is InChI=1S/C6H9N5/c1-8-10-3-2-6-9-4-5(7)11(6)10/h2-4,8H,7H2,1H3. The Hall–Kier alpha value is -1.65. The van der Waals surface area contributed by atoms with E-state index in [1.54, 1.807) is 15.5 Å². The highest BCUT2D eigenvalue weighted by atomic mass is 15.6. The van der Waals surface area contributed by atoms with E-state index in [9.17, 15) is 0 Å². The summed E-state index contributed by atoms with van der Waals surface area (Å²) in [5, 5.41) is 0. The first-order chi connectivity index (χ1) is 5.33. The third-order valence-electron chi connectivity index (χ3n) is 1.60. The number of nitrogens with two attached hydrogens (primary N) is 1. The molecule has 0 atom stereocenters. The Morgan fingerprint density at radius 3 is 3.18 bits per heavy atom. The molecule has 3 N–H and O–H groups in total. The third-order valence-corrected chi connectivity index (χ3v) is 1.60. The van der Waals surface area contributed by atoms with Crippen LogP contribution >= 0.6 is 0 Å². The first-order valence-corrected chi connectivity index (χ1v) is 3.31. The van der Waals surface area contributed by atoms with Gasteiger partial charge in [0.15, 0.2) is 5.65 Å². The van der Waals surface area contributed by atoms with E-state index in [-0.39, 0.29) is 0 Å². The zero-order valence-corrected chi connectivity index (χ0v) is 6.15. The fourth-order valence-corrected chi connectivity index (χ4v) is 1.10. The van der Waals surface area contributed by atoms with Crippen LogP contribution in [0.4, 0.5) is 5.82 Å². The number of nitrogen functional groups attached to an aromatic ring is 1. The Morgan fingerprint density at radius 1 is 1.64 bits per heavy atom. The monoisotopic (exact) mass is 151 g/mol. The van der Waals surface area contributed by atoms with Crippen molar-refractivity contribution in [3.05, 3.63) is 18.5 Å². The van der Waals surface area contributed by atoms with Crippen molar-refractivity contribution in [2.24, 2.45) is 0 Å². The lowest BCUT2D eigenvalue weighted by Gasteiger charge is -2.02. The van der Waals surface area contributed by atoms with Crippen LogP contribution in [-0.2, 0) is 0 Å². The van der Waals surface area contributed by atoms with Crippen LogP contribution in [-0.4, -0.2) is 21.3 Å². The van der Waals surface area contributed by atoms with Crippen LogP contribution in [0.25, 0.3) is 5.65 Å². The maximum absolute atomic E-state index is 5.64. The summed E-state index contributed by atoms with van der Waals surface area (Å²) in [4.78, 5) is 5.83. The molecular formula is C6H9N5. The topological polar surface area (TPSA) is 60.3 Å². The van der Waals surface area contributed by atoms with Crippen molar-refractivity contribution in [1.82, 2.24) is 14.3 Å². The van der Waals surface area contributed by atoms with Gasteiger partial charge >= 0.3 is 0 Å². The number of rotatable bonds is 1. The van der Waals surface area contributed by atoms with Gasteiger partial charge in [0.25, 0.3) is 0 Å². The van der Waals surface area contributed by atoms with E-state index in [4.69, 9.17) is 5.73 Å². The summed E-state index contributed by atoms with van der Waals surface area (Å²) in [6.45, 7) is 0. The molecule has 11 heavy (non-hydrogen) atoms. The second-order valence-corrected chi connectivity index (χ2v) is 2.24. The molecule has 0 aliphatic carbocycles. The van der Waals surface area contributed by atoms with Crippen molar-refractivity contribution < 1.29 is 0 Å². The molecule has 2 aromatic heterocycles. The molecule has 0 saturated carbocycles. The van der Waals surface area contributed by atoms with Gasteiger partial charge in [-0.1, -0.05) is 0 Å². The van der Waals surface area contributed by atoms with Crippen LogP contribution in [0.5, 0.6) is 0 Å². The number of aromatic nitrogens is 3. The average molecular weight is 151 g/mol. The number of nitrogens with zero attached hydrogens (tertiary/aromatic N) is 3. The summed E-state index contributed by atoms with van der Waals surface area (Å²) in [5.41, 5.74) is 9.42. The summed E-state index contributed by atoms with van der Waals surface area (Å²) in [6, 6.07) is 1.88. The summed E-state index contributed by atoms with van der Waals surface area (Å²) < 4.78 is 1.78. The summed E-state index contributed by atoms with van der Waals surface area (Å²) in [7, 11) is 1.82. The second-order valence-electron chi connectivity index (χ2n) is 2.24. The third kappa shape index (κ3) is 0.674. The molecule has 0 aliphatic rings. The Balaban J connectivity index is 2.80. The van der Waals surface area contributed by atoms with Gasteiger partial charge in [0.05, 0.1) is 6.20 Å². The molecule has 0 spiro atoms. The highest BCUT2D eigenvalue weighted by Gasteiger charge is 2.01. The number of nitrogens with one attached hydrogen (secondary N) is 1. The molecule has 0 amide bonds. The minimum absolute atomic E-state index is 0.624. The Bertz CT molecular complexity index is 371. The fraction of sp³-hybridized carbons (Fsp3) is 0.167. The van der Waals surface area contributed by atoms with Crippen molar-refractivity contribution in [2.75, 3.05) is 18.2 Å². The van der Waals surface area contributed by atoms with Crippen LogP contribution in [0, 0.1) is 0 Å².